The fourth-order valence-corrected chi connectivity index (χ4v) is 3.32. The molecule has 2 aromatic rings. The van der Waals surface area contributed by atoms with Crippen molar-refractivity contribution in [3.8, 4) is 0 Å². The summed E-state index contributed by atoms with van der Waals surface area (Å²) < 4.78 is 5.44. The SMILES string of the molecule is CC(C)(C)c1ccc(N2CCO[C@H](C(O)C(=O)Nc3ccc(C(=N)N)cc3)C2=O)cc1.Cl. The molecule has 0 aliphatic carbocycles. The Kier molecular flexibility index (Phi) is 8.01. The number of nitrogens with zero attached hydrogens (tertiary/aromatic N) is 1. The van der Waals surface area contributed by atoms with E-state index in [1.54, 1.807) is 24.3 Å². The smallest absolute Gasteiger partial charge is 0.259 e. The minimum Gasteiger partial charge on any atom is -0.384 e. The Morgan fingerprint density at radius 3 is 2.31 bits per heavy atom. The predicted molar refractivity (Wildman–Crippen MR) is 127 cm³/mol. The number of hydrogen-bond donors (Lipinski definition) is 4. The molecule has 0 aromatic heterocycles. The number of carbonyl (C=O) groups is 2. The molecule has 1 fully saturated rings. The first-order valence-corrected chi connectivity index (χ1v) is 10.0. The van der Waals surface area contributed by atoms with Crippen LogP contribution in [0.4, 0.5) is 11.4 Å². The van der Waals surface area contributed by atoms with Gasteiger partial charge in [0.2, 0.25) is 0 Å². The van der Waals surface area contributed by atoms with E-state index in [4.69, 9.17) is 15.9 Å². The van der Waals surface area contributed by atoms with Crippen molar-refractivity contribution in [2.75, 3.05) is 23.4 Å². The number of aliphatic hydroxyl groups excluding tert-OH is 1. The third-order valence-corrected chi connectivity index (χ3v) is 5.19. The first-order valence-electron chi connectivity index (χ1n) is 10.0. The zero-order chi connectivity index (χ0) is 22.8. The van der Waals surface area contributed by atoms with Crippen molar-refractivity contribution in [3.05, 3.63) is 59.7 Å². The maximum atomic E-state index is 12.9. The summed E-state index contributed by atoms with van der Waals surface area (Å²) in [6.07, 6.45) is -2.97. The van der Waals surface area contributed by atoms with E-state index in [0.29, 0.717) is 23.5 Å². The van der Waals surface area contributed by atoms with Gasteiger partial charge in [-0.3, -0.25) is 15.0 Å². The van der Waals surface area contributed by atoms with Crippen molar-refractivity contribution < 1.29 is 19.4 Å². The fraction of sp³-hybridized carbons (Fsp3) is 0.348. The lowest BCUT2D eigenvalue weighted by molar-refractivity contribution is -0.150. The number of rotatable bonds is 5. The van der Waals surface area contributed by atoms with E-state index in [0.717, 1.165) is 5.56 Å². The molecule has 2 aromatic carbocycles. The minimum absolute atomic E-state index is 0. The Bertz CT molecular complexity index is 971. The highest BCUT2D eigenvalue weighted by atomic mass is 35.5. The lowest BCUT2D eigenvalue weighted by Crippen LogP contribution is -2.55. The Morgan fingerprint density at radius 1 is 1.19 bits per heavy atom. The normalized spacial score (nSPS) is 17.3. The Morgan fingerprint density at radius 2 is 1.78 bits per heavy atom. The van der Waals surface area contributed by atoms with Crippen molar-refractivity contribution in [2.45, 2.75) is 38.4 Å². The lowest BCUT2D eigenvalue weighted by atomic mass is 9.87. The molecule has 172 valence electrons. The first kappa shape index (κ1) is 25.3. The van der Waals surface area contributed by atoms with Crippen LogP contribution in [-0.4, -0.2) is 48.1 Å². The number of ether oxygens (including phenoxy) is 1. The van der Waals surface area contributed by atoms with Crippen LogP contribution in [0.3, 0.4) is 0 Å². The number of halogens is 1. The van der Waals surface area contributed by atoms with Gasteiger partial charge in [-0.15, -0.1) is 12.4 Å². The highest BCUT2D eigenvalue weighted by molar-refractivity contribution is 6.04. The van der Waals surface area contributed by atoms with Gasteiger partial charge in [0.1, 0.15) is 5.84 Å². The number of hydrogen-bond acceptors (Lipinski definition) is 5. The Balaban J connectivity index is 0.00000363. The third-order valence-electron chi connectivity index (χ3n) is 5.19. The van der Waals surface area contributed by atoms with Crippen LogP contribution in [0.2, 0.25) is 0 Å². The Hall–Kier alpha value is -2.94. The number of nitrogen functional groups attached to an aromatic ring is 1. The van der Waals surface area contributed by atoms with Gasteiger partial charge in [-0.05, 0) is 47.4 Å². The highest BCUT2D eigenvalue weighted by Gasteiger charge is 2.39. The second-order valence-electron chi connectivity index (χ2n) is 8.50. The number of amides is 2. The summed E-state index contributed by atoms with van der Waals surface area (Å²) in [5.41, 5.74) is 8.16. The van der Waals surface area contributed by atoms with Gasteiger partial charge in [0.25, 0.3) is 11.8 Å². The average Bonchev–Trinajstić information content (AvgIpc) is 2.73. The molecular weight excluding hydrogens is 432 g/mol. The molecule has 9 heteroatoms. The predicted octanol–water partition coefficient (Wildman–Crippen LogP) is 2.42. The minimum atomic E-state index is -1.67. The number of nitrogens with two attached hydrogens (primary N) is 1. The van der Waals surface area contributed by atoms with Gasteiger partial charge in [0.15, 0.2) is 12.2 Å². The van der Waals surface area contributed by atoms with E-state index in [-0.39, 0.29) is 30.3 Å². The van der Waals surface area contributed by atoms with Crippen LogP contribution in [-0.2, 0) is 19.7 Å². The molecule has 1 aliphatic rings. The van der Waals surface area contributed by atoms with Crippen molar-refractivity contribution in [1.82, 2.24) is 0 Å². The van der Waals surface area contributed by atoms with Gasteiger partial charge in [-0.1, -0.05) is 32.9 Å². The van der Waals surface area contributed by atoms with Crippen LogP contribution in [0.25, 0.3) is 0 Å². The van der Waals surface area contributed by atoms with Gasteiger partial charge in [0, 0.05) is 23.5 Å². The molecule has 1 unspecified atom stereocenters. The average molecular weight is 461 g/mol. The zero-order valence-electron chi connectivity index (χ0n) is 18.3. The molecule has 2 amide bonds. The molecule has 32 heavy (non-hydrogen) atoms. The van der Waals surface area contributed by atoms with Crippen LogP contribution in [0.1, 0.15) is 31.9 Å². The van der Waals surface area contributed by atoms with Crippen LogP contribution in [0, 0.1) is 5.41 Å². The molecule has 1 saturated heterocycles. The summed E-state index contributed by atoms with van der Waals surface area (Å²) in [7, 11) is 0. The Labute approximate surface area is 193 Å². The molecule has 3 rings (SSSR count). The number of benzene rings is 2. The summed E-state index contributed by atoms with van der Waals surface area (Å²) in [4.78, 5) is 27.0. The van der Waals surface area contributed by atoms with E-state index in [1.165, 1.54) is 4.90 Å². The van der Waals surface area contributed by atoms with Gasteiger partial charge < -0.3 is 25.8 Å². The molecule has 1 aliphatic heterocycles. The second-order valence-corrected chi connectivity index (χ2v) is 8.50. The molecule has 5 N–H and O–H groups in total. The maximum Gasteiger partial charge on any atom is 0.259 e. The molecule has 1 heterocycles. The number of carbonyl (C=O) groups excluding carboxylic acids is 2. The largest absolute Gasteiger partial charge is 0.384 e. The van der Waals surface area contributed by atoms with E-state index < -0.39 is 24.0 Å². The van der Waals surface area contributed by atoms with E-state index >= 15 is 0 Å². The number of anilines is 2. The standard InChI is InChI=1S/C23H28N4O4.ClH/c1-23(2,3)15-6-10-17(11-7-15)27-12-13-31-19(22(27)30)18(28)21(29)26-16-8-4-14(5-9-16)20(24)25;/h4-11,18-19,28H,12-13H2,1-3H3,(H3,24,25)(H,26,29);1H/t18?,19-;/m1./s1. The fourth-order valence-electron chi connectivity index (χ4n) is 3.32. The monoisotopic (exact) mass is 460 g/mol. The van der Waals surface area contributed by atoms with E-state index in [9.17, 15) is 14.7 Å². The molecule has 8 nitrogen and oxygen atoms in total. The summed E-state index contributed by atoms with van der Waals surface area (Å²) in [5.74, 6) is -1.31. The van der Waals surface area contributed by atoms with Gasteiger partial charge >= 0.3 is 0 Å². The van der Waals surface area contributed by atoms with Crippen LogP contribution < -0.4 is 16.0 Å². The number of morpholine rings is 1. The maximum absolute atomic E-state index is 12.9. The lowest BCUT2D eigenvalue weighted by Gasteiger charge is -2.34. The van der Waals surface area contributed by atoms with Crippen LogP contribution in [0.15, 0.2) is 48.5 Å². The van der Waals surface area contributed by atoms with Gasteiger partial charge in [-0.25, -0.2) is 0 Å². The summed E-state index contributed by atoms with van der Waals surface area (Å²) in [6, 6.07) is 14.0. The molecule has 0 spiro atoms. The summed E-state index contributed by atoms with van der Waals surface area (Å²) >= 11 is 0. The van der Waals surface area contributed by atoms with Crippen molar-refractivity contribution >= 4 is 41.4 Å². The van der Waals surface area contributed by atoms with Gasteiger partial charge in [-0.2, -0.15) is 0 Å². The van der Waals surface area contributed by atoms with Crippen molar-refractivity contribution in [3.63, 3.8) is 0 Å². The highest BCUT2D eigenvalue weighted by Crippen LogP contribution is 2.26. The number of amidine groups is 1. The topological polar surface area (TPSA) is 129 Å². The van der Waals surface area contributed by atoms with E-state index in [2.05, 4.69) is 26.1 Å². The number of nitrogens with one attached hydrogen (secondary N) is 2. The molecule has 0 bridgehead atoms. The van der Waals surface area contributed by atoms with Crippen molar-refractivity contribution in [2.24, 2.45) is 5.73 Å². The van der Waals surface area contributed by atoms with Gasteiger partial charge in [0.05, 0.1) is 6.61 Å². The first-order chi connectivity index (χ1) is 14.6. The molecule has 0 radical (unpaired) electrons. The molecule has 0 saturated carbocycles. The number of aliphatic hydroxyl groups is 1. The third kappa shape index (κ3) is 5.64. The van der Waals surface area contributed by atoms with Crippen LogP contribution in [0.5, 0.6) is 0 Å². The van der Waals surface area contributed by atoms with Crippen LogP contribution >= 0.6 is 12.4 Å². The quantitative estimate of drug-likeness (QED) is 0.402. The summed E-state index contributed by atoms with van der Waals surface area (Å²) in [5, 5.41) is 20.4. The molecular formula is C23H29ClN4O4. The molecule has 2 atom stereocenters. The zero-order valence-corrected chi connectivity index (χ0v) is 19.1. The second kappa shape index (κ2) is 10.1. The van der Waals surface area contributed by atoms with Crippen molar-refractivity contribution in [1.29, 1.82) is 5.41 Å². The van der Waals surface area contributed by atoms with E-state index in [1.807, 2.05) is 24.3 Å². The summed E-state index contributed by atoms with van der Waals surface area (Å²) in [6.45, 7) is 6.88.